The molecule has 1 aromatic heterocycles. The Morgan fingerprint density at radius 1 is 1.40 bits per heavy atom. The normalized spacial score (nSPS) is 14.5. The Morgan fingerprint density at radius 3 is 2.47 bits per heavy atom. The van der Waals surface area contributed by atoms with Crippen molar-refractivity contribution in [3.63, 3.8) is 0 Å². The minimum absolute atomic E-state index is 0.132. The van der Waals surface area contributed by atoms with E-state index in [0.717, 1.165) is 6.07 Å². The number of rotatable bonds is 2. The van der Waals surface area contributed by atoms with Gasteiger partial charge in [-0.2, -0.15) is 13.2 Å². The van der Waals surface area contributed by atoms with Crippen LogP contribution in [0.25, 0.3) is 6.08 Å². The van der Waals surface area contributed by atoms with Crippen LogP contribution in [-0.4, -0.2) is 11.0 Å². The van der Waals surface area contributed by atoms with Crippen molar-refractivity contribution in [2.45, 2.75) is 19.1 Å². The molecule has 0 saturated heterocycles. The first-order chi connectivity index (χ1) is 6.89. The molecule has 15 heavy (non-hydrogen) atoms. The summed E-state index contributed by atoms with van der Waals surface area (Å²) >= 11 is 0. The van der Waals surface area contributed by atoms with E-state index in [4.69, 9.17) is 5.73 Å². The quantitative estimate of drug-likeness (QED) is 0.824. The monoisotopic (exact) mass is 216 g/mol. The molecule has 2 nitrogen and oxygen atoms in total. The Bertz CT molecular complexity index is 339. The summed E-state index contributed by atoms with van der Waals surface area (Å²) < 4.78 is 36.4. The van der Waals surface area contributed by atoms with Gasteiger partial charge in [-0.1, -0.05) is 18.2 Å². The van der Waals surface area contributed by atoms with E-state index < -0.39 is 11.9 Å². The largest absolute Gasteiger partial charge is 0.433 e. The molecule has 2 N–H and O–H groups in total. The van der Waals surface area contributed by atoms with Crippen molar-refractivity contribution in [2.75, 3.05) is 0 Å². The summed E-state index contributed by atoms with van der Waals surface area (Å²) in [4.78, 5) is 3.31. The van der Waals surface area contributed by atoms with Crippen LogP contribution < -0.4 is 5.73 Å². The SMILES string of the molecule is CC(N)/C=C/c1ccc(C(F)(F)F)nc1. The predicted molar refractivity (Wildman–Crippen MR) is 51.9 cm³/mol. The van der Waals surface area contributed by atoms with Crippen LogP contribution in [0.15, 0.2) is 24.4 Å². The Labute approximate surface area is 85.6 Å². The van der Waals surface area contributed by atoms with Gasteiger partial charge in [-0.25, -0.2) is 0 Å². The van der Waals surface area contributed by atoms with Crippen LogP contribution in [0.3, 0.4) is 0 Å². The second-order valence-corrected chi connectivity index (χ2v) is 3.19. The second kappa shape index (κ2) is 4.44. The highest BCUT2D eigenvalue weighted by atomic mass is 19.4. The van der Waals surface area contributed by atoms with Gasteiger partial charge in [0, 0.05) is 12.2 Å². The van der Waals surface area contributed by atoms with E-state index in [2.05, 4.69) is 4.98 Å². The molecule has 0 amide bonds. The fourth-order valence-electron chi connectivity index (χ4n) is 0.934. The van der Waals surface area contributed by atoms with Crippen molar-refractivity contribution < 1.29 is 13.2 Å². The Kier molecular flexibility index (Phi) is 3.47. The fraction of sp³-hybridized carbons (Fsp3) is 0.300. The average Bonchev–Trinajstić information content (AvgIpc) is 2.14. The van der Waals surface area contributed by atoms with Crippen molar-refractivity contribution in [3.05, 3.63) is 35.7 Å². The van der Waals surface area contributed by atoms with Gasteiger partial charge < -0.3 is 5.73 Å². The highest BCUT2D eigenvalue weighted by Gasteiger charge is 2.31. The first kappa shape index (κ1) is 11.7. The van der Waals surface area contributed by atoms with E-state index in [1.807, 2.05) is 0 Å². The van der Waals surface area contributed by atoms with Gasteiger partial charge in [0.15, 0.2) is 0 Å². The van der Waals surface area contributed by atoms with Gasteiger partial charge in [0.2, 0.25) is 0 Å². The summed E-state index contributed by atoms with van der Waals surface area (Å²) in [7, 11) is 0. The van der Waals surface area contributed by atoms with Crippen molar-refractivity contribution in [3.8, 4) is 0 Å². The maximum Gasteiger partial charge on any atom is 0.433 e. The molecule has 0 bridgehead atoms. The lowest BCUT2D eigenvalue weighted by molar-refractivity contribution is -0.141. The smallest absolute Gasteiger partial charge is 0.325 e. The zero-order valence-electron chi connectivity index (χ0n) is 8.12. The zero-order chi connectivity index (χ0) is 11.5. The van der Waals surface area contributed by atoms with E-state index in [1.54, 1.807) is 19.1 Å². The molecule has 0 aromatic carbocycles. The molecule has 0 aliphatic heterocycles. The number of hydrogen-bond donors (Lipinski definition) is 1. The summed E-state index contributed by atoms with van der Waals surface area (Å²) in [6.45, 7) is 1.77. The van der Waals surface area contributed by atoms with Gasteiger partial charge in [0.05, 0.1) is 0 Å². The summed E-state index contributed by atoms with van der Waals surface area (Å²) in [6.07, 6.45) is 0.104. The van der Waals surface area contributed by atoms with E-state index in [1.165, 1.54) is 12.3 Å². The molecule has 0 spiro atoms. The van der Waals surface area contributed by atoms with Crippen LogP contribution >= 0.6 is 0 Å². The molecular formula is C10H11F3N2. The maximum atomic E-state index is 12.1. The zero-order valence-corrected chi connectivity index (χ0v) is 8.12. The van der Waals surface area contributed by atoms with Crippen LogP contribution in [0.2, 0.25) is 0 Å². The molecule has 5 heteroatoms. The fourth-order valence-corrected chi connectivity index (χ4v) is 0.934. The molecule has 0 aliphatic carbocycles. The third-order valence-electron chi connectivity index (χ3n) is 1.67. The van der Waals surface area contributed by atoms with Crippen LogP contribution in [0, 0.1) is 0 Å². The van der Waals surface area contributed by atoms with E-state index >= 15 is 0 Å². The van der Waals surface area contributed by atoms with Gasteiger partial charge in [0.25, 0.3) is 0 Å². The Balaban J connectivity index is 2.82. The van der Waals surface area contributed by atoms with E-state index in [-0.39, 0.29) is 6.04 Å². The molecule has 1 heterocycles. The van der Waals surface area contributed by atoms with Gasteiger partial charge in [0.1, 0.15) is 5.69 Å². The number of nitrogens with two attached hydrogens (primary N) is 1. The maximum absolute atomic E-state index is 12.1. The summed E-state index contributed by atoms with van der Waals surface area (Å²) in [5.74, 6) is 0. The lowest BCUT2D eigenvalue weighted by Gasteiger charge is -2.04. The average molecular weight is 216 g/mol. The molecule has 0 saturated carbocycles. The molecular weight excluding hydrogens is 205 g/mol. The standard InChI is InChI=1S/C10H11F3N2/c1-7(14)2-3-8-4-5-9(15-6-8)10(11,12)13/h2-7H,14H2,1H3/b3-2+. The number of alkyl halides is 3. The van der Waals surface area contributed by atoms with Crippen LogP contribution in [-0.2, 0) is 6.18 Å². The van der Waals surface area contributed by atoms with Crippen LogP contribution in [0.4, 0.5) is 13.2 Å². The van der Waals surface area contributed by atoms with Crippen LogP contribution in [0.5, 0.6) is 0 Å². The second-order valence-electron chi connectivity index (χ2n) is 3.19. The third kappa shape index (κ3) is 3.71. The lowest BCUT2D eigenvalue weighted by Crippen LogP contribution is -2.10. The number of hydrogen-bond acceptors (Lipinski definition) is 2. The topological polar surface area (TPSA) is 38.9 Å². The third-order valence-corrected chi connectivity index (χ3v) is 1.67. The first-order valence-electron chi connectivity index (χ1n) is 4.36. The highest BCUT2D eigenvalue weighted by Crippen LogP contribution is 2.27. The highest BCUT2D eigenvalue weighted by molar-refractivity contribution is 5.48. The Hall–Kier alpha value is -1.36. The van der Waals surface area contributed by atoms with E-state index in [9.17, 15) is 13.2 Å². The van der Waals surface area contributed by atoms with E-state index in [0.29, 0.717) is 5.56 Å². The van der Waals surface area contributed by atoms with Crippen molar-refractivity contribution in [1.29, 1.82) is 0 Å². The predicted octanol–water partition coefficient (Wildman–Crippen LogP) is 2.46. The number of aromatic nitrogens is 1. The molecule has 82 valence electrons. The molecule has 1 rings (SSSR count). The van der Waals surface area contributed by atoms with Crippen molar-refractivity contribution >= 4 is 6.08 Å². The van der Waals surface area contributed by atoms with Gasteiger partial charge in [-0.05, 0) is 18.6 Å². The minimum Gasteiger partial charge on any atom is -0.325 e. The lowest BCUT2D eigenvalue weighted by atomic mass is 10.2. The minimum atomic E-state index is -4.39. The molecule has 1 atom stereocenters. The van der Waals surface area contributed by atoms with Crippen LogP contribution in [0.1, 0.15) is 18.2 Å². The summed E-state index contributed by atoms with van der Waals surface area (Å²) in [5, 5.41) is 0. The molecule has 1 unspecified atom stereocenters. The molecule has 0 fully saturated rings. The number of pyridine rings is 1. The van der Waals surface area contributed by atoms with Crippen molar-refractivity contribution in [2.24, 2.45) is 5.73 Å². The number of nitrogens with zero attached hydrogens (tertiary/aromatic N) is 1. The summed E-state index contributed by atoms with van der Waals surface area (Å²) in [5.41, 5.74) is 5.16. The van der Waals surface area contributed by atoms with Gasteiger partial charge in [-0.3, -0.25) is 4.98 Å². The molecule has 0 radical (unpaired) electrons. The Morgan fingerprint density at radius 2 is 2.07 bits per heavy atom. The molecule has 0 aliphatic rings. The molecule has 1 aromatic rings. The summed E-state index contributed by atoms with van der Waals surface area (Å²) in [6, 6.07) is 2.17. The first-order valence-corrected chi connectivity index (χ1v) is 4.36. The van der Waals surface area contributed by atoms with Crippen molar-refractivity contribution in [1.82, 2.24) is 4.98 Å². The van der Waals surface area contributed by atoms with Gasteiger partial charge in [-0.15, -0.1) is 0 Å². The van der Waals surface area contributed by atoms with Gasteiger partial charge >= 0.3 is 6.18 Å². The number of halogens is 3.